The van der Waals surface area contributed by atoms with E-state index in [-0.39, 0.29) is 6.61 Å². The quantitative estimate of drug-likeness (QED) is 0.752. The highest BCUT2D eigenvalue weighted by Crippen LogP contribution is 2.35. The van der Waals surface area contributed by atoms with Gasteiger partial charge in [-0.2, -0.15) is 0 Å². The van der Waals surface area contributed by atoms with Crippen molar-refractivity contribution in [2.75, 3.05) is 19.7 Å². The summed E-state index contributed by atoms with van der Waals surface area (Å²) in [6, 6.07) is 11.5. The summed E-state index contributed by atoms with van der Waals surface area (Å²) in [5, 5.41) is 9.20. The van der Waals surface area contributed by atoms with Crippen LogP contribution in [-0.4, -0.2) is 35.7 Å². The molecule has 1 unspecified atom stereocenters. The lowest BCUT2D eigenvalue weighted by Crippen LogP contribution is -2.34. The first-order valence-electron chi connectivity index (χ1n) is 6.48. The monoisotopic (exact) mass is 234 g/mol. The van der Waals surface area contributed by atoms with Crippen molar-refractivity contribution in [1.29, 1.82) is 0 Å². The molecule has 1 aliphatic carbocycles. The summed E-state index contributed by atoms with van der Waals surface area (Å²) < 4.78 is 0. The van der Waals surface area contributed by atoms with Crippen LogP contribution in [0.5, 0.6) is 0 Å². The highest BCUT2D eigenvalue weighted by atomic mass is 16.3. The van der Waals surface area contributed by atoms with Crippen molar-refractivity contribution in [3.63, 3.8) is 0 Å². The van der Waals surface area contributed by atoms with E-state index in [0.717, 1.165) is 13.0 Å². The Kier molecular flexibility index (Phi) is 4.54. The van der Waals surface area contributed by atoms with Gasteiger partial charge in [-0.25, -0.2) is 0 Å². The van der Waals surface area contributed by atoms with Gasteiger partial charge in [0.05, 0.1) is 6.61 Å². The van der Waals surface area contributed by atoms with Crippen LogP contribution in [0.3, 0.4) is 0 Å². The first-order valence-corrected chi connectivity index (χ1v) is 6.48. The SMILES string of the molecule is NCCC(c1ccccc1)N(CCO)C1CC1. The second-order valence-electron chi connectivity index (χ2n) is 4.70. The van der Waals surface area contributed by atoms with Crippen molar-refractivity contribution in [2.24, 2.45) is 5.73 Å². The summed E-state index contributed by atoms with van der Waals surface area (Å²) >= 11 is 0. The van der Waals surface area contributed by atoms with Crippen molar-refractivity contribution in [3.05, 3.63) is 35.9 Å². The lowest BCUT2D eigenvalue weighted by Gasteiger charge is -2.31. The summed E-state index contributed by atoms with van der Waals surface area (Å²) in [5.74, 6) is 0. The van der Waals surface area contributed by atoms with Crippen LogP contribution in [0.2, 0.25) is 0 Å². The molecule has 1 aliphatic rings. The predicted molar refractivity (Wildman–Crippen MR) is 69.7 cm³/mol. The molecule has 3 N–H and O–H groups in total. The average molecular weight is 234 g/mol. The number of rotatable bonds is 7. The van der Waals surface area contributed by atoms with Gasteiger partial charge in [0, 0.05) is 18.6 Å². The number of benzene rings is 1. The highest BCUT2D eigenvalue weighted by molar-refractivity contribution is 5.19. The van der Waals surface area contributed by atoms with Crippen LogP contribution in [0.25, 0.3) is 0 Å². The molecule has 0 amide bonds. The van der Waals surface area contributed by atoms with E-state index in [9.17, 15) is 5.11 Å². The zero-order valence-electron chi connectivity index (χ0n) is 10.3. The topological polar surface area (TPSA) is 49.5 Å². The fourth-order valence-electron chi connectivity index (χ4n) is 2.47. The van der Waals surface area contributed by atoms with Crippen molar-refractivity contribution < 1.29 is 5.11 Å². The normalized spacial score (nSPS) is 17.4. The Bertz CT molecular complexity index is 324. The zero-order chi connectivity index (χ0) is 12.1. The smallest absolute Gasteiger partial charge is 0.0558 e. The van der Waals surface area contributed by atoms with Gasteiger partial charge in [-0.3, -0.25) is 4.90 Å². The molecule has 2 rings (SSSR count). The van der Waals surface area contributed by atoms with Gasteiger partial charge in [0.25, 0.3) is 0 Å². The number of hydrogen-bond donors (Lipinski definition) is 2. The molecule has 0 heterocycles. The van der Waals surface area contributed by atoms with E-state index in [1.54, 1.807) is 0 Å². The van der Waals surface area contributed by atoms with Gasteiger partial charge in [0.1, 0.15) is 0 Å². The molecule has 1 saturated carbocycles. The second-order valence-corrected chi connectivity index (χ2v) is 4.70. The molecule has 1 fully saturated rings. The molecular weight excluding hydrogens is 212 g/mol. The molecule has 0 spiro atoms. The van der Waals surface area contributed by atoms with Crippen LogP contribution in [0, 0.1) is 0 Å². The maximum atomic E-state index is 9.20. The fraction of sp³-hybridized carbons (Fsp3) is 0.571. The van der Waals surface area contributed by atoms with E-state index in [1.165, 1.54) is 18.4 Å². The standard InChI is InChI=1S/C14H22N2O/c15-9-8-14(12-4-2-1-3-5-12)16(10-11-17)13-6-7-13/h1-5,13-14,17H,6-11,15H2. The minimum Gasteiger partial charge on any atom is -0.395 e. The van der Waals surface area contributed by atoms with Crippen LogP contribution in [0.1, 0.15) is 30.9 Å². The van der Waals surface area contributed by atoms with Crippen molar-refractivity contribution in [1.82, 2.24) is 4.90 Å². The lowest BCUT2D eigenvalue weighted by molar-refractivity contribution is 0.137. The largest absolute Gasteiger partial charge is 0.395 e. The molecule has 1 atom stereocenters. The van der Waals surface area contributed by atoms with Gasteiger partial charge in [0.2, 0.25) is 0 Å². The maximum Gasteiger partial charge on any atom is 0.0558 e. The molecule has 3 heteroatoms. The fourth-order valence-corrected chi connectivity index (χ4v) is 2.47. The van der Waals surface area contributed by atoms with Gasteiger partial charge in [-0.1, -0.05) is 30.3 Å². The van der Waals surface area contributed by atoms with Crippen molar-refractivity contribution >= 4 is 0 Å². The summed E-state index contributed by atoms with van der Waals surface area (Å²) in [5.41, 5.74) is 7.05. The summed E-state index contributed by atoms with van der Waals surface area (Å²) in [6.45, 7) is 1.67. The first-order chi connectivity index (χ1) is 8.36. The molecule has 0 aliphatic heterocycles. The zero-order valence-corrected chi connectivity index (χ0v) is 10.3. The predicted octanol–water partition coefficient (Wildman–Crippen LogP) is 1.53. The molecule has 1 aromatic carbocycles. The van der Waals surface area contributed by atoms with E-state index < -0.39 is 0 Å². The number of hydrogen-bond acceptors (Lipinski definition) is 3. The van der Waals surface area contributed by atoms with Crippen LogP contribution >= 0.6 is 0 Å². The van der Waals surface area contributed by atoms with Crippen molar-refractivity contribution in [3.8, 4) is 0 Å². The van der Waals surface area contributed by atoms with E-state index in [2.05, 4.69) is 29.2 Å². The molecule has 3 nitrogen and oxygen atoms in total. The van der Waals surface area contributed by atoms with Gasteiger partial charge in [0.15, 0.2) is 0 Å². The molecule has 94 valence electrons. The average Bonchev–Trinajstić information content (AvgIpc) is 3.19. The van der Waals surface area contributed by atoms with Gasteiger partial charge < -0.3 is 10.8 Å². The highest BCUT2D eigenvalue weighted by Gasteiger charge is 2.33. The number of nitrogens with zero attached hydrogens (tertiary/aromatic N) is 1. The number of aliphatic hydroxyl groups is 1. The van der Waals surface area contributed by atoms with E-state index >= 15 is 0 Å². The molecular formula is C14H22N2O. The maximum absolute atomic E-state index is 9.20. The van der Waals surface area contributed by atoms with Crippen LogP contribution in [0.4, 0.5) is 0 Å². The Morgan fingerprint density at radius 2 is 2.00 bits per heavy atom. The molecule has 0 aromatic heterocycles. The van der Waals surface area contributed by atoms with Gasteiger partial charge in [-0.15, -0.1) is 0 Å². The third kappa shape index (κ3) is 3.28. The molecule has 1 aromatic rings. The van der Waals surface area contributed by atoms with Crippen molar-refractivity contribution in [2.45, 2.75) is 31.3 Å². The van der Waals surface area contributed by atoms with E-state index in [4.69, 9.17) is 5.73 Å². The molecule has 0 radical (unpaired) electrons. The Labute approximate surface area is 103 Å². The minimum absolute atomic E-state index is 0.227. The second kappa shape index (κ2) is 6.15. The molecule has 17 heavy (non-hydrogen) atoms. The molecule has 0 bridgehead atoms. The Balaban J connectivity index is 2.14. The molecule has 0 saturated heterocycles. The Hall–Kier alpha value is -0.900. The third-order valence-corrected chi connectivity index (χ3v) is 3.40. The van der Waals surface area contributed by atoms with E-state index in [0.29, 0.717) is 18.6 Å². The van der Waals surface area contributed by atoms with E-state index in [1.807, 2.05) is 6.07 Å². The van der Waals surface area contributed by atoms with Crippen LogP contribution in [-0.2, 0) is 0 Å². The number of nitrogens with two attached hydrogens (primary N) is 1. The van der Waals surface area contributed by atoms with Gasteiger partial charge >= 0.3 is 0 Å². The summed E-state index contributed by atoms with van der Waals surface area (Å²) in [7, 11) is 0. The third-order valence-electron chi connectivity index (χ3n) is 3.40. The van der Waals surface area contributed by atoms with Gasteiger partial charge in [-0.05, 0) is 31.4 Å². The lowest BCUT2D eigenvalue weighted by atomic mass is 10.0. The van der Waals surface area contributed by atoms with Crippen LogP contribution < -0.4 is 5.73 Å². The minimum atomic E-state index is 0.227. The number of aliphatic hydroxyl groups excluding tert-OH is 1. The Morgan fingerprint density at radius 3 is 2.53 bits per heavy atom. The summed E-state index contributed by atoms with van der Waals surface area (Å²) in [4.78, 5) is 2.42. The Morgan fingerprint density at radius 1 is 1.29 bits per heavy atom. The first kappa shape index (κ1) is 12.6. The summed E-state index contributed by atoms with van der Waals surface area (Å²) in [6.07, 6.45) is 3.47. The van der Waals surface area contributed by atoms with Crippen LogP contribution in [0.15, 0.2) is 30.3 Å².